The van der Waals surface area contributed by atoms with Gasteiger partial charge in [0.15, 0.2) is 5.78 Å². The lowest BCUT2D eigenvalue weighted by Crippen LogP contribution is -2.37. The second kappa shape index (κ2) is 8.66. The number of hydrogen-bond donors (Lipinski definition) is 1. The zero-order valence-electron chi connectivity index (χ0n) is 17.0. The van der Waals surface area contributed by atoms with Crippen LogP contribution in [-0.2, 0) is 20.7 Å². The Morgan fingerprint density at radius 3 is 2.70 bits per heavy atom. The molecule has 2 aromatic carbocycles. The first kappa shape index (κ1) is 20.1. The van der Waals surface area contributed by atoms with Crippen LogP contribution in [0.3, 0.4) is 0 Å². The summed E-state index contributed by atoms with van der Waals surface area (Å²) in [5.41, 5.74) is 3.85. The molecule has 0 saturated heterocycles. The minimum absolute atomic E-state index is 0.0305. The zero-order chi connectivity index (χ0) is 21.1. The molecule has 1 N–H and O–H groups in total. The van der Waals surface area contributed by atoms with Crippen LogP contribution in [0.2, 0.25) is 0 Å². The van der Waals surface area contributed by atoms with Gasteiger partial charge in [-0.2, -0.15) is 0 Å². The number of nitrogens with zero attached hydrogens (tertiary/aromatic N) is 1. The Labute approximate surface area is 176 Å². The molecule has 0 fully saturated rings. The lowest BCUT2D eigenvalue weighted by Gasteiger charge is -2.34. The highest BCUT2D eigenvalue weighted by Crippen LogP contribution is 2.44. The predicted octanol–water partition coefficient (Wildman–Crippen LogP) is 4.36. The molecule has 1 aliphatic carbocycles. The smallest absolute Gasteiger partial charge is 0.315 e. The van der Waals surface area contributed by atoms with Crippen LogP contribution in [0, 0.1) is 5.92 Å². The minimum atomic E-state index is -0.677. The topological polar surface area (TPSA) is 76.0 Å². The molecule has 2 atom stereocenters. The molecule has 5 heteroatoms. The molecule has 2 unspecified atom stereocenters. The molecule has 2 aromatic rings. The van der Waals surface area contributed by atoms with Crippen molar-refractivity contribution in [2.45, 2.75) is 38.5 Å². The van der Waals surface area contributed by atoms with Gasteiger partial charge in [0, 0.05) is 35.7 Å². The molecule has 1 aliphatic heterocycles. The van der Waals surface area contributed by atoms with E-state index in [1.165, 1.54) is 0 Å². The van der Waals surface area contributed by atoms with E-state index in [0.717, 1.165) is 29.7 Å². The van der Waals surface area contributed by atoms with Gasteiger partial charge in [-0.25, -0.2) is 0 Å². The van der Waals surface area contributed by atoms with Crippen LogP contribution in [0.25, 0.3) is 0 Å². The standard InChI is InChI=1S/C25H25NO4/c1-16-22(25(29)30-14-13-17-7-3-2-4-8-17)23(18-9-5-10-19(27)15-18)24-20(26-16)11-6-12-21(24)28/h2-5,7-10,15,22-23,27H,6,11-14H2,1H3. The van der Waals surface area contributed by atoms with Crippen molar-refractivity contribution in [2.75, 3.05) is 6.61 Å². The van der Waals surface area contributed by atoms with Crippen LogP contribution in [-0.4, -0.2) is 29.2 Å². The number of ketones is 1. The number of allylic oxidation sites excluding steroid dienone is 2. The number of ether oxygens (including phenoxy) is 1. The number of carbonyl (C=O) groups is 2. The van der Waals surface area contributed by atoms with Crippen molar-refractivity contribution in [1.82, 2.24) is 0 Å². The van der Waals surface area contributed by atoms with Crippen molar-refractivity contribution >= 4 is 17.5 Å². The maximum atomic E-state index is 13.1. The third-order valence-corrected chi connectivity index (χ3v) is 5.80. The van der Waals surface area contributed by atoms with Gasteiger partial charge < -0.3 is 9.84 Å². The summed E-state index contributed by atoms with van der Waals surface area (Å²) in [6, 6.07) is 16.6. The average Bonchev–Trinajstić information content (AvgIpc) is 2.73. The third kappa shape index (κ3) is 4.06. The van der Waals surface area contributed by atoms with E-state index in [-0.39, 0.29) is 24.1 Å². The van der Waals surface area contributed by atoms with Crippen LogP contribution < -0.4 is 0 Å². The highest BCUT2D eigenvalue weighted by molar-refractivity contribution is 6.08. The van der Waals surface area contributed by atoms with Crippen molar-refractivity contribution in [2.24, 2.45) is 10.9 Å². The fourth-order valence-corrected chi connectivity index (χ4v) is 4.39. The lowest BCUT2D eigenvalue weighted by molar-refractivity contribution is -0.146. The number of phenols is 1. The molecular formula is C25H25NO4. The van der Waals surface area contributed by atoms with Crippen LogP contribution >= 0.6 is 0 Å². The third-order valence-electron chi connectivity index (χ3n) is 5.80. The maximum Gasteiger partial charge on any atom is 0.315 e. The number of Topliss-reactive ketones (excluding diaryl/α,β-unsaturated/α-hetero) is 1. The van der Waals surface area contributed by atoms with E-state index in [0.29, 0.717) is 24.1 Å². The monoisotopic (exact) mass is 403 g/mol. The van der Waals surface area contributed by atoms with E-state index in [9.17, 15) is 14.7 Å². The molecule has 154 valence electrons. The first-order chi connectivity index (χ1) is 14.5. The quantitative estimate of drug-likeness (QED) is 0.753. The highest BCUT2D eigenvalue weighted by atomic mass is 16.5. The Kier molecular flexibility index (Phi) is 5.79. The molecule has 4 rings (SSSR count). The first-order valence-corrected chi connectivity index (χ1v) is 10.4. The Morgan fingerprint density at radius 2 is 1.93 bits per heavy atom. The van der Waals surface area contributed by atoms with Gasteiger partial charge in [0.05, 0.1) is 6.61 Å². The Hall–Kier alpha value is -3.21. The largest absolute Gasteiger partial charge is 0.508 e. The van der Waals surface area contributed by atoms with E-state index in [2.05, 4.69) is 4.99 Å². The van der Waals surface area contributed by atoms with Gasteiger partial charge >= 0.3 is 5.97 Å². The predicted molar refractivity (Wildman–Crippen MR) is 114 cm³/mol. The number of phenolic OH excluding ortho intramolecular Hbond substituents is 1. The van der Waals surface area contributed by atoms with Crippen molar-refractivity contribution in [3.63, 3.8) is 0 Å². The van der Waals surface area contributed by atoms with E-state index in [1.807, 2.05) is 43.3 Å². The number of aliphatic imine (C=N–C) groups is 1. The number of carbonyl (C=O) groups excluding carboxylic acids is 2. The van der Waals surface area contributed by atoms with Gasteiger partial charge in [-0.05, 0) is 43.0 Å². The number of benzene rings is 2. The maximum absolute atomic E-state index is 13.1. The van der Waals surface area contributed by atoms with Crippen LogP contribution in [0.5, 0.6) is 5.75 Å². The molecule has 1 heterocycles. The summed E-state index contributed by atoms with van der Waals surface area (Å²) in [4.78, 5) is 30.6. The average molecular weight is 403 g/mol. The van der Waals surface area contributed by atoms with Gasteiger partial charge in [0.2, 0.25) is 0 Å². The van der Waals surface area contributed by atoms with Crippen molar-refractivity contribution in [3.8, 4) is 5.75 Å². The number of aromatic hydroxyl groups is 1. The normalized spacial score (nSPS) is 21.1. The fraction of sp³-hybridized carbons (Fsp3) is 0.320. The van der Waals surface area contributed by atoms with Crippen LogP contribution in [0.4, 0.5) is 0 Å². The number of esters is 1. The first-order valence-electron chi connectivity index (χ1n) is 10.4. The molecule has 30 heavy (non-hydrogen) atoms. The Bertz CT molecular complexity index is 1020. The second-order valence-electron chi connectivity index (χ2n) is 7.84. The summed E-state index contributed by atoms with van der Waals surface area (Å²) < 4.78 is 5.64. The van der Waals surface area contributed by atoms with E-state index >= 15 is 0 Å². The summed E-state index contributed by atoms with van der Waals surface area (Å²) in [7, 11) is 0. The van der Waals surface area contributed by atoms with Crippen molar-refractivity contribution in [3.05, 3.63) is 77.0 Å². The summed E-state index contributed by atoms with van der Waals surface area (Å²) in [6.07, 6.45) is 2.58. The molecule has 0 bridgehead atoms. The minimum Gasteiger partial charge on any atom is -0.508 e. The molecular weight excluding hydrogens is 378 g/mol. The van der Waals surface area contributed by atoms with Gasteiger partial charge in [-0.3, -0.25) is 14.6 Å². The molecule has 0 aromatic heterocycles. The summed E-state index contributed by atoms with van der Waals surface area (Å²) in [5, 5.41) is 10.0. The molecule has 5 nitrogen and oxygen atoms in total. The molecule has 0 spiro atoms. The number of hydrogen-bond acceptors (Lipinski definition) is 5. The lowest BCUT2D eigenvalue weighted by atomic mass is 9.72. The Balaban J connectivity index is 1.63. The van der Waals surface area contributed by atoms with Crippen molar-refractivity contribution < 1.29 is 19.4 Å². The number of rotatable bonds is 5. The van der Waals surface area contributed by atoms with Gasteiger partial charge in [-0.1, -0.05) is 42.5 Å². The Morgan fingerprint density at radius 1 is 1.13 bits per heavy atom. The molecule has 0 radical (unpaired) electrons. The van der Waals surface area contributed by atoms with E-state index in [4.69, 9.17) is 4.74 Å². The molecule has 2 aliphatic rings. The van der Waals surface area contributed by atoms with Gasteiger partial charge in [0.25, 0.3) is 0 Å². The van der Waals surface area contributed by atoms with Crippen LogP contribution in [0.15, 0.2) is 70.9 Å². The van der Waals surface area contributed by atoms with E-state index < -0.39 is 11.8 Å². The van der Waals surface area contributed by atoms with Crippen LogP contribution in [0.1, 0.15) is 43.2 Å². The second-order valence-corrected chi connectivity index (χ2v) is 7.84. The highest BCUT2D eigenvalue weighted by Gasteiger charge is 2.43. The van der Waals surface area contributed by atoms with E-state index in [1.54, 1.807) is 18.2 Å². The fourth-order valence-electron chi connectivity index (χ4n) is 4.39. The summed E-state index contributed by atoms with van der Waals surface area (Å²) >= 11 is 0. The summed E-state index contributed by atoms with van der Waals surface area (Å²) in [5.74, 6) is -1.41. The molecule has 0 amide bonds. The summed E-state index contributed by atoms with van der Waals surface area (Å²) in [6.45, 7) is 2.08. The van der Waals surface area contributed by atoms with Crippen molar-refractivity contribution in [1.29, 1.82) is 0 Å². The molecule has 0 saturated carbocycles. The zero-order valence-corrected chi connectivity index (χ0v) is 17.0. The SMILES string of the molecule is CC1=NC2=C(C(=O)CCC2)C(c2cccc(O)c2)C1C(=O)OCCc1ccccc1. The van der Waals surface area contributed by atoms with Gasteiger partial charge in [0.1, 0.15) is 11.7 Å². The van der Waals surface area contributed by atoms with Gasteiger partial charge in [-0.15, -0.1) is 0 Å².